The maximum Gasteiger partial charge on any atom is 0.337 e. The van der Waals surface area contributed by atoms with Gasteiger partial charge in [0.05, 0.1) is 12.7 Å². The molecule has 1 heterocycles. The van der Waals surface area contributed by atoms with Crippen LogP contribution in [0, 0.1) is 5.92 Å². The zero-order valence-corrected chi connectivity index (χ0v) is 10.5. The smallest absolute Gasteiger partial charge is 0.337 e. The molecule has 1 rings (SSSR count). The summed E-state index contributed by atoms with van der Waals surface area (Å²) in [4.78, 5) is 11.6. The van der Waals surface area contributed by atoms with Gasteiger partial charge in [-0.2, -0.15) is 0 Å². The van der Waals surface area contributed by atoms with Gasteiger partial charge in [0.1, 0.15) is 11.9 Å². The molecule has 1 aliphatic rings. The van der Waals surface area contributed by atoms with Crippen LogP contribution in [0.25, 0.3) is 0 Å². The van der Waals surface area contributed by atoms with Crippen LogP contribution in [0.1, 0.15) is 33.6 Å². The summed E-state index contributed by atoms with van der Waals surface area (Å²) in [5.41, 5.74) is 1.69. The molecule has 16 heavy (non-hydrogen) atoms. The van der Waals surface area contributed by atoms with Crippen LogP contribution in [0.3, 0.4) is 0 Å². The molecule has 0 saturated heterocycles. The molecule has 3 heteroatoms. The standard InChI is InChI=1S/C13H20O3/c1-6-9(4)11-7-10(13(14)15-5)12(16-11)8(2)3/h8,11H,4,6-7H2,1-3,5H3. The number of carbonyl (C=O) groups excluding carboxylic acids is 1. The summed E-state index contributed by atoms with van der Waals surface area (Å²) in [6, 6.07) is 0. The van der Waals surface area contributed by atoms with E-state index < -0.39 is 0 Å². The van der Waals surface area contributed by atoms with Gasteiger partial charge in [0.15, 0.2) is 0 Å². The normalized spacial score (nSPS) is 19.9. The second-order valence-corrected chi connectivity index (χ2v) is 4.31. The highest BCUT2D eigenvalue weighted by Crippen LogP contribution is 2.34. The van der Waals surface area contributed by atoms with Crippen LogP contribution in [-0.2, 0) is 14.3 Å². The number of allylic oxidation sites excluding steroid dienone is 1. The van der Waals surface area contributed by atoms with Crippen molar-refractivity contribution < 1.29 is 14.3 Å². The predicted molar refractivity (Wildman–Crippen MR) is 62.8 cm³/mol. The molecule has 1 aliphatic heterocycles. The van der Waals surface area contributed by atoms with Gasteiger partial charge in [0, 0.05) is 12.3 Å². The molecule has 0 N–H and O–H groups in total. The average molecular weight is 224 g/mol. The van der Waals surface area contributed by atoms with Gasteiger partial charge in [-0.05, 0) is 12.0 Å². The summed E-state index contributed by atoms with van der Waals surface area (Å²) >= 11 is 0. The number of esters is 1. The average Bonchev–Trinajstić information content (AvgIpc) is 2.71. The molecular weight excluding hydrogens is 204 g/mol. The SMILES string of the molecule is C=C(CC)C1CC(C(=O)OC)=C(C(C)C)O1. The maximum atomic E-state index is 11.6. The van der Waals surface area contributed by atoms with Crippen LogP contribution in [0.5, 0.6) is 0 Å². The summed E-state index contributed by atoms with van der Waals surface area (Å²) in [6.45, 7) is 10.0. The number of hydrogen-bond donors (Lipinski definition) is 0. The second kappa shape index (κ2) is 5.19. The zero-order valence-electron chi connectivity index (χ0n) is 10.5. The highest BCUT2D eigenvalue weighted by molar-refractivity contribution is 5.89. The topological polar surface area (TPSA) is 35.5 Å². The lowest BCUT2D eigenvalue weighted by Crippen LogP contribution is -2.10. The van der Waals surface area contributed by atoms with Crippen molar-refractivity contribution in [2.75, 3.05) is 7.11 Å². The monoisotopic (exact) mass is 224 g/mol. The van der Waals surface area contributed by atoms with Crippen LogP contribution in [0.15, 0.2) is 23.5 Å². The van der Waals surface area contributed by atoms with Gasteiger partial charge in [-0.1, -0.05) is 27.4 Å². The molecule has 0 aromatic rings. The molecule has 0 aromatic carbocycles. The van der Waals surface area contributed by atoms with Crippen molar-refractivity contribution in [3.63, 3.8) is 0 Å². The summed E-state index contributed by atoms with van der Waals surface area (Å²) < 4.78 is 10.6. The van der Waals surface area contributed by atoms with E-state index in [2.05, 4.69) is 6.58 Å². The Hall–Kier alpha value is -1.25. The molecule has 3 nitrogen and oxygen atoms in total. The van der Waals surface area contributed by atoms with E-state index in [0.29, 0.717) is 12.0 Å². The molecule has 1 unspecified atom stereocenters. The number of hydrogen-bond acceptors (Lipinski definition) is 3. The molecule has 0 radical (unpaired) electrons. The second-order valence-electron chi connectivity index (χ2n) is 4.31. The lowest BCUT2D eigenvalue weighted by atomic mass is 10.0. The predicted octanol–water partition coefficient (Wildman–Crippen LogP) is 2.82. The highest BCUT2D eigenvalue weighted by atomic mass is 16.5. The Balaban J connectivity index is 2.88. The Morgan fingerprint density at radius 3 is 2.69 bits per heavy atom. The third kappa shape index (κ3) is 2.46. The Morgan fingerprint density at radius 2 is 2.25 bits per heavy atom. The minimum atomic E-state index is -0.282. The lowest BCUT2D eigenvalue weighted by Gasteiger charge is -2.15. The van der Waals surface area contributed by atoms with Crippen LogP contribution < -0.4 is 0 Å². The molecule has 0 amide bonds. The van der Waals surface area contributed by atoms with E-state index in [4.69, 9.17) is 9.47 Å². The van der Waals surface area contributed by atoms with Gasteiger partial charge in [0.2, 0.25) is 0 Å². The first kappa shape index (κ1) is 12.8. The zero-order chi connectivity index (χ0) is 12.3. The van der Waals surface area contributed by atoms with E-state index in [9.17, 15) is 4.79 Å². The van der Waals surface area contributed by atoms with Crippen molar-refractivity contribution in [3.8, 4) is 0 Å². The van der Waals surface area contributed by atoms with Gasteiger partial charge in [-0.3, -0.25) is 0 Å². The van der Waals surface area contributed by atoms with E-state index in [1.54, 1.807) is 0 Å². The van der Waals surface area contributed by atoms with Crippen LogP contribution in [-0.4, -0.2) is 19.2 Å². The fraction of sp³-hybridized carbons (Fsp3) is 0.615. The van der Waals surface area contributed by atoms with Crippen molar-refractivity contribution in [2.24, 2.45) is 5.92 Å². The van der Waals surface area contributed by atoms with Crippen molar-refractivity contribution in [3.05, 3.63) is 23.5 Å². The fourth-order valence-corrected chi connectivity index (χ4v) is 1.80. The first-order valence-electron chi connectivity index (χ1n) is 5.66. The molecule has 0 spiro atoms. The molecule has 0 aromatic heterocycles. The van der Waals surface area contributed by atoms with Gasteiger partial charge < -0.3 is 9.47 Å². The van der Waals surface area contributed by atoms with Crippen molar-refractivity contribution in [1.82, 2.24) is 0 Å². The molecule has 0 saturated carbocycles. The van der Waals surface area contributed by atoms with Gasteiger partial charge >= 0.3 is 5.97 Å². The molecule has 0 fully saturated rings. The Bertz CT molecular complexity index is 326. The lowest BCUT2D eigenvalue weighted by molar-refractivity contribution is -0.136. The summed E-state index contributed by atoms with van der Waals surface area (Å²) in [6.07, 6.45) is 1.40. The molecule has 1 atom stereocenters. The third-order valence-electron chi connectivity index (χ3n) is 2.82. The largest absolute Gasteiger partial charge is 0.489 e. The number of rotatable bonds is 4. The van der Waals surface area contributed by atoms with Crippen LogP contribution in [0.2, 0.25) is 0 Å². The summed E-state index contributed by atoms with van der Waals surface area (Å²) in [5.74, 6) is 0.672. The molecule has 0 bridgehead atoms. The number of carbonyl (C=O) groups is 1. The first-order chi connectivity index (χ1) is 7.51. The van der Waals surface area contributed by atoms with Crippen LogP contribution in [0.4, 0.5) is 0 Å². The molecular formula is C13H20O3. The van der Waals surface area contributed by atoms with E-state index >= 15 is 0 Å². The van der Waals surface area contributed by atoms with E-state index in [1.165, 1.54) is 7.11 Å². The number of methoxy groups -OCH3 is 1. The van der Waals surface area contributed by atoms with E-state index in [-0.39, 0.29) is 18.0 Å². The van der Waals surface area contributed by atoms with Crippen LogP contribution >= 0.6 is 0 Å². The van der Waals surface area contributed by atoms with E-state index in [0.717, 1.165) is 17.8 Å². The van der Waals surface area contributed by atoms with E-state index in [1.807, 2.05) is 20.8 Å². The Kier molecular flexibility index (Phi) is 4.16. The Morgan fingerprint density at radius 1 is 1.62 bits per heavy atom. The van der Waals surface area contributed by atoms with Crippen molar-refractivity contribution in [2.45, 2.75) is 39.7 Å². The van der Waals surface area contributed by atoms with Gasteiger partial charge in [0.25, 0.3) is 0 Å². The Labute approximate surface area is 97.1 Å². The van der Waals surface area contributed by atoms with Crippen molar-refractivity contribution in [1.29, 1.82) is 0 Å². The highest BCUT2D eigenvalue weighted by Gasteiger charge is 2.32. The molecule has 90 valence electrons. The maximum absolute atomic E-state index is 11.6. The summed E-state index contributed by atoms with van der Waals surface area (Å²) in [5, 5.41) is 0. The molecule has 0 aliphatic carbocycles. The van der Waals surface area contributed by atoms with Gasteiger partial charge in [-0.15, -0.1) is 0 Å². The van der Waals surface area contributed by atoms with Crippen molar-refractivity contribution >= 4 is 5.97 Å². The minimum Gasteiger partial charge on any atom is -0.489 e. The summed E-state index contributed by atoms with van der Waals surface area (Å²) in [7, 11) is 1.40. The van der Waals surface area contributed by atoms with Gasteiger partial charge in [-0.25, -0.2) is 4.79 Å². The number of ether oxygens (including phenoxy) is 2. The quantitative estimate of drug-likeness (QED) is 0.544. The third-order valence-corrected chi connectivity index (χ3v) is 2.82. The first-order valence-corrected chi connectivity index (χ1v) is 5.66. The fourth-order valence-electron chi connectivity index (χ4n) is 1.80. The minimum absolute atomic E-state index is 0.0588.